The minimum absolute atomic E-state index is 0.0909. The average Bonchev–Trinajstić information content (AvgIpc) is 2.30. The third-order valence-corrected chi connectivity index (χ3v) is 2.75. The number of benzene rings is 1. The number of carbonyl (C=O) groups excluding carboxylic acids is 1. The van der Waals surface area contributed by atoms with Crippen LogP contribution in [-0.2, 0) is 0 Å². The third kappa shape index (κ3) is 2.49. The summed E-state index contributed by atoms with van der Waals surface area (Å²) in [6.07, 6.45) is 0. The lowest BCUT2D eigenvalue weighted by atomic mass is 10.2. The quantitative estimate of drug-likeness (QED) is 0.782. The number of hydrogen-bond donors (Lipinski definition) is 1. The van der Waals surface area contributed by atoms with Crippen molar-refractivity contribution in [1.29, 1.82) is 0 Å². The molecule has 0 atom stereocenters. The van der Waals surface area contributed by atoms with Crippen molar-refractivity contribution in [3.8, 4) is 0 Å². The van der Waals surface area contributed by atoms with E-state index in [-0.39, 0.29) is 5.91 Å². The van der Waals surface area contributed by atoms with Crippen molar-refractivity contribution in [3.05, 3.63) is 34.9 Å². The van der Waals surface area contributed by atoms with Gasteiger partial charge in [0.2, 0.25) is 0 Å². The maximum atomic E-state index is 12.0. The smallest absolute Gasteiger partial charge is 0.253 e. The van der Waals surface area contributed by atoms with Crippen LogP contribution >= 0.6 is 11.6 Å². The Labute approximate surface area is 94.0 Å². The summed E-state index contributed by atoms with van der Waals surface area (Å²) in [4.78, 5) is 13.8. The molecule has 0 spiro atoms. The van der Waals surface area contributed by atoms with Crippen LogP contribution in [0, 0.1) is 0 Å². The van der Waals surface area contributed by atoms with Gasteiger partial charge in [0.25, 0.3) is 5.91 Å². The Balaban J connectivity index is 2.09. The molecule has 15 heavy (non-hydrogen) atoms. The maximum Gasteiger partial charge on any atom is 0.253 e. The fourth-order valence-electron chi connectivity index (χ4n) is 1.64. The average molecular weight is 225 g/mol. The molecule has 1 N–H and O–H groups in total. The molecule has 0 aliphatic carbocycles. The number of rotatable bonds is 1. The second-order valence-corrected chi connectivity index (χ2v) is 3.99. The van der Waals surface area contributed by atoms with E-state index in [9.17, 15) is 4.79 Å². The molecule has 1 aliphatic rings. The summed E-state index contributed by atoms with van der Waals surface area (Å²) in [5, 5.41) is 3.87. The van der Waals surface area contributed by atoms with Crippen LogP contribution in [0.4, 0.5) is 0 Å². The summed E-state index contributed by atoms with van der Waals surface area (Å²) < 4.78 is 0. The molecule has 0 radical (unpaired) electrons. The molecule has 0 saturated carbocycles. The van der Waals surface area contributed by atoms with Gasteiger partial charge in [-0.2, -0.15) is 0 Å². The van der Waals surface area contributed by atoms with Crippen molar-refractivity contribution >= 4 is 17.5 Å². The van der Waals surface area contributed by atoms with Gasteiger partial charge in [-0.15, -0.1) is 0 Å². The van der Waals surface area contributed by atoms with E-state index >= 15 is 0 Å². The molecule has 1 amide bonds. The standard InChI is InChI=1S/C11H13ClN2O/c12-10-3-1-9(2-4-10)11(15)14-7-5-13-6-8-14/h1-4,13H,5-8H2. The minimum Gasteiger partial charge on any atom is -0.336 e. The van der Waals surface area contributed by atoms with Crippen molar-refractivity contribution in [2.45, 2.75) is 0 Å². The van der Waals surface area contributed by atoms with E-state index in [1.165, 1.54) is 0 Å². The van der Waals surface area contributed by atoms with E-state index in [0.717, 1.165) is 26.2 Å². The van der Waals surface area contributed by atoms with Gasteiger partial charge in [0.1, 0.15) is 0 Å². The summed E-state index contributed by atoms with van der Waals surface area (Å²) in [6, 6.07) is 7.04. The Morgan fingerprint density at radius 1 is 1.20 bits per heavy atom. The van der Waals surface area contributed by atoms with Gasteiger partial charge < -0.3 is 10.2 Å². The van der Waals surface area contributed by atoms with E-state index in [4.69, 9.17) is 11.6 Å². The molecule has 3 nitrogen and oxygen atoms in total. The van der Waals surface area contributed by atoms with Gasteiger partial charge in [0.15, 0.2) is 0 Å². The lowest BCUT2D eigenvalue weighted by molar-refractivity contribution is 0.0736. The molecule has 2 rings (SSSR count). The number of hydrogen-bond acceptors (Lipinski definition) is 2. The molecule has 0 aromatic heterocycles. The predicted octanol–water partition coefficient (Wildman–Crippen LogP) is 1.39. The summed E-state index contributed by atoms with van der Waals surface area (Å²) in [5.74, 6) is 0.0909. The molecule has 1 heterocycles. The van der Waals surface area contributed by atoms with Crippen LogP contribution in [0.2, 0.25) is 5.02 Å². The highest BCUT2D eigenvalue weighted by atomic mass is 35.5. The van der Waals surface area contributed by atoms with E-state index in [0.29, 0.717) is 10.6 Å². The van der Waals surface area contributed by atoms with Gasteiger partial charge in [-0.3, -0.25) is 4.79 Å². The van der Waals surface area contributed by atoms with Crippen LogP contribution in [0.3, 0.4) is 0 Å². The summed E-state index contributed by atoms with van der Waals surface area (Å²) in [5.41, 5.74) is 0.710. The van der Waals surface area contributed by atoms with Gasteiger partial charge in [-0.1, -0.05) is 11.6 Å². The summed E-state index contributed by atoms with van der Waals surface area (Å²) in [6.45, 7) is 3.31. The molecule has 80 valence electrons. The van der Waals surface area contributed by atoms with E-state index in [2.05, 4.69) is 5.32 Å². The Bertz CT molecular complexity index is 344. The highest BCUT2D eigenvalue weighted by molar-refractivity contribution is 6.30. The number of nitrogens with zero attached hydrogens (tertiary/aromatic N) is 1. The van der Waals surface area contributed by atoms with Crippen LogP contribution in [0.25, 0.3) is 0 Å². The Morgan fingerprint density at radius 3 is 2.40 bits per heavy atom. The third-order valence-electron chi connectivity index (χ3n) is 2.50. The number of halogens is 1. The van der Waals surface area contributed by atoms with Crippen LogP contribution in [0.15, 0.2) is 24.3 Å². The first-order valence-electron chi connectivity index (χ1n) is 5.03. The number of carbonyl (C=O) groups is 1. The van der Waals surface area contributed by atoms with Crippen molar-refractivity contribution < 1.29 is 4.79 Å². The molecular weight excluding hydrogens is 212 g/mol. The fraction of sp³-hybridized carbons (Fsp3) is 0.364. The largest absolute Gasteiger partial charge is 0.336 e. The van der Waals surface area contributed by atoms with Crippen molar-refractivity contribution in [2.24, 2.45) is 0 Å². The molecule has 1 aliphatic heterocycles. The van der Waals surface area contributed by atoms with Crippen LogP contribution in [0.5, 0.6) is 0 Å². The summed E-state index contributed by atoms with van der Waals surface area (Å²) in [7, 11) is 0. The normalized spacial score (nSPS) is 16.5. The number of piperazine rings is 1. The molecule has 1 aromatic carbocycles. The molecule has 1 aromatic rings. The first-order valence-corrected chi connectivity index (χ1v) is 5.41. The lowest BCUT2D eigenvalue weighted by Crippen LogP contribution is -2.46. The van der Waals surface area contributed by atoms with Crippen LogP contribution in [-0.4, -0.2) is 37.0 Å². The highest BCUT2D eigenvalue weighted by Crippen LogP contribution is 2.11. The summed E-state index contributed by atoms with van der Waals surface area (Å²) >= 11 is 5.77. The zero-order valence-electron chi connectivity index (χ0n) is 8.37. The monoisotopic (exact) mass is 224 g/mol. The van der Waals surface area contributed by atoms with E-state index < -0.39 is 0 Å². The van der Waals surface area contributed by atoms with E-state index in [1.54, 1.807) is 24.3 Å². The molecular formula is C11H13ClN2O. The molecule has 1 saturated heterocycles. The van der Waals surface area contributed by atoms with Gasteiger partial charge >= 0.3 is 0 Å². The first kappa shape index (κ1) is 10.5. The van der Waals surface area contributed by atoms with Gasteiger partial charge in [-0.05, 0) is 24.3 Å². The van der Waals surface area contributed by atoms with Gasteiger partial charge in [0, 0.05) is 36.8 Å². The fourth-order valence-corrected chi connectivity index (χ4v) is 1.77. The van der Waals surface area contributed by atoms with Gasteiger partial charge in [0.05, 0.1) is 0 Å². The topological polar surface area (TPSA) is 32.3 Å². The van der Waals surface area contributed by atoms with Crippen LogP contribution in [0.1, 0.15) is 10.4 Å². The second-order valence-electron chi connectivity index (χ2n) is 3.55. The Morgan fingerprint density at radius 2 is 1.80 bits per heavy atom. The lowest BCUT2D eigenvalue weighted by Gasteiger charge is -2.27. The molecule has 1 fully saturated rings. The number of nitrogens with one attached hydrogen (secondary N) is 1. The van der Waals surface area contributed by atoms with Gasteiger partial charge in [-0.25, -0.2) is 0 Å². The van der Waals surface area contributed by atoms with Crippen molar-refractivity contribution in [2.75, 3.05) is 26.2 Å². The zero-order valence-corrected chi connectivity index (χ0v) is 9.13. The Hall–Kier alpha value is -1.06. The highest BCUT2D eigenvalue weighted by Gasteiger charge is 2.17. The SMILES string of the molecule is O=C(c1ccc(Cl)cc1)N1CCNCC1. The molecule has 0 bridgehead atoms. The Kier molecular flexibility index (Phi) is 3.23. The maximum absolute atomic E-state index is 12.0. The number of amides is 1. The first-order chi connectivity index (χ1) is 7.27. The van der Waals surface area contributed by atoms with Crippen molar-refractivity contribution in [1.82, 2.24) is 10.2 Å². The van der Waals surface area contributed by atoms with Crippen molar-refractivity contribution in [3.63, 3.8) is 0 Å². The second kappa shape index (κ2) is 4.64. The molecule has 0 unspecified atom stereocenters. The molecule has 4 heteroatoms. The van der Waals surface area contributed by atoms with Crippen LogP contribution < -0.4 is 5.32 Å². The zero-order chi connectivity index (χ0) is 10.7. The minimum atomic E-state index is 0.0909. The predicted molar refractivity (Wildman–Crippen MR) is 60.2 cm³/mol. The van der Waals surface area contributed by atoms with E-state index in [1.807, 2.05) is 4.90 Å².